The predicted molar refractivity (Wildman–Crippen MR) is 103 cm³/mol. The molecule has 1 aromatic heterocycles. The molecule has 0 saturated heterocycles. The van der Waals surface area contributed by atoms with Crippen molar-refractivity contribution in [3.05, 3.63) is 17.0 Å². The van der Waals surface area contributed by atoms with Gasteiger partial charge in [0.25, 0.3) is 5.91 Å². The molecule has 3 rings (SSSR count). The summed E-state index contributed by atoms with van der Waals surface area (Å²) in [5.41, 5.74) is 3.11. The number of amides is 1. The minimum atomic E-state index is -0.0520. The van der Waals surface area contributed by atoms with E-state index in [1.165, 1.54) is 43.4 Å². The van der Waals surface area contributed by atoms with E-state index >= 15 is 0 Å². The van der Waals surface area contributed by atoms with Crippen LogP contribution in [0.15, 0.2) is 0 Å². The molecule has 1 N–H and O–H groups in total. The van der Waals surface area contributed by atoms with E-state index < -0.39 is 0 Å². The lowest BCUT2D eigenvalue weighted by Crippen LogP contribution is -2.39. The molecule has 2 aliphatic carbocycles. The second-order valence-corrected chi connectivity index (χ2v) is 7.91. The summed E-state index contributed by atoms with van der Waals surface area (Å²) < 4.78 is 7.39. The van der Waals surface area contributed by atoms with Gasteiger partial charge in [-0.05, 0) is 45.1 Å². The Bertz CT molecular complexity index is 607. The Hall–Kier alpha value is -1.40. The van der Waals surface area contributed by atoms with Gasteiger partial charge in [-0.25, -0.2) is 0 Å². The van der Waals surface area contributed by atoms with Crippen molar-refractivity contribution in [1.29, 1.82) is 0 Å². The zero-order chi connectivity index (χ0) is 18.5. The fourth-order valence-electron chi connectivity index (χ4n) is 4.53. The fraction of sp³-hybridized carbons (Fsp3) is 0.800. The van der Waals surface area contributed by atoms with E-state index in [1.54, 1.807) is 14.2 Å². The molecular formula is C20H34N4O2. The van der Waals surface area contributed by atoms with E-state index in [0.29, 0.717) is 17.7 Å². The standard InChI is InChI=1S/C20H34N4O2/c1-21-20(25)19-17-13-16(23(2)11-12-26-3)9-10-18(17)24(22-19)14-15-7-5-4-6-8-15/h15-16H,4-14H2,1-3H3,(H,21,25). The zero-order valence-corrected chi connectivity index (χ0v) is 16.6. The first-order valence-corrected chi connectivity index (χ1v) is 10.1. The van der Waals surface area contributed by atoms with Gasteiger partial charge in [0.05, 0.1) is 6.61 Å². The number of carbonyl (C=O) groups excluding carboxylic acids is 1. The van der Waals surface area contributed by atoms with E-state index in [4.69, 9.17) is 9.84 Å². The predicted octanol–water partition coefficient (Wildman–Crippen LogP) is 2.26. The van der Waals surface area contributed by atoms with Crippen molar-refractivity contribution in [3.8, 4) is 0 Å². The Kier molecular flexibility index (Phi) is 6.70. The number of aromatic nitrogens is 2. The number of fused-ring (bicyclic) bond motifs is 1. The molecule has 1 aromatic rings. The van der Waals surface area contributed by atoms with Crippen molar-refractivity contribution in [2.24, 2.45) is 5.92 Å². The highest BCUT2D eigenvalue weighted by Crippen LogP contribution is 2.30. The Balaban J connectivity index is 1.79. The normalized spacial score (nSPS) is 21.0. The first-order valence-electron chi connectivity index (χ1n) is 10.1. The van der Waals surface area contributed by atoms with Gasteiger partial charge >= 0.3 is 0 Å². The number of ether oxygens (including phenoxy) is 1. The average Bonchev–Trinajstić information content (AvgIpc) is 3.04. The summed E-state index contributed by atoms with van der Waals surface area (Å²) in [6.45, 7) is 2.63. The van der Waals surface area contributed by atoms with Gasteiger partial charge in [-0.3, -0.25) is 9.48 Å². The number of nitrogens with zero attached hydrogens (tertiary/aromatic N) is 3. The van der Waals surface area contributed by atoms with Gasteiger partial charge in [0, 0.05) is 44.5 Å². The summed E-state index contributed by atoms with van der Waals surface area (Å²) in [5.74, 6) is 0.663. The second-order valence-electron chi connectivity index (χ2n) is 7.91. The van der Waals surface area contributed by atoms with Crippen molar-refractivity contribution in [1.82, 2.24) is 20.0 Å². The molecule has 0 aromatic carbocycles. The van der Waals surface area contributed by atoms with E-state index in [0.717, 1.165) is 39.0 Å². The number of nitrogens with one attached hydrogen (secondary N) is 1. The Morgan fingerprint density at radius 1 is 1.31 bits per heavy atom. The minimum absolute atomic E-state index is 0.0520. The quantitative estimate of drug-likeness (QED) is 0.808. The van der Waals surface area contributed by atoms with E-state index in [2.05, 4.69) is 21.9 Å². The molecule has 1 amide bonds. The largest absolute Gasteiger partial charge is 0.383 e. The molecule has 6 nitrogen and oxygen atoms in total. The lowest BCUT2D eigenvalue weighted by atomic mass is 9.88. The first-order chi connectivity index (χ1) is 12.6. The second kappa shape index (κ2) is 9.00. The molecule has 1 unspecified atom stereocenters. The van der Waals surface area contributed by atoms with Crippen LogP contribution in [0.2, 0.25) is 0 Å². The summed E-state index contributed by atoms with van der Waals surface area (Å²) in [4.78, 5) is 14.8. The summed E-state index contributed by atoms with van der Waals surface area (Å²) in [6.07, 6.45) is 9.67. The summed E-state index contributed by atoms with van der Waals surface area (Å²) >= 11 is 0. The SMILES string of the molecule is CNC(=O)c1nn(CC2CCCCC2)c2c1CC(N(C)CCOC)CC2. The van der Waals surface area contributed by atoms with Crippen LogP contribution in [0.4, 0.5) is 0 Å². The van der Waals surface area contributed by atoms with Gasteiger partial charge < -0.3 is 15.0 Å². The number of likely N-dealkylation sites (N-methyl/N-ethyl adjacent to an activating group) is 1. The summed E-state index contributed by atoms with van der Waals surface area (Å²) in [5, 5.41) is 7.55. The van der Waals surface area contributed by atoms with Gasteiger partial charge in [0.2, 0.25) is 0 Å². The highest BCUT2D eigenvalue weighted by atomic mass is 16.5. The van der Waals surface area contributed by atoms with Gasteiger partial charge in [0.15, 0.2) is 5.69 Å². The van der Waals surface area contributed by atoms with Crippen LogP contribution in [-0.4, -0.2) is 61.0 Å². The number of hydrogen-bond acceptors (Lipinski definition) is 4. The van der Waals surface area contributed by atoms with Crippen LogP contribution in [0.1, 0.15) is 60.3 Å². The van der Waals surface area contributed by atoms with E-state index in [9.17, 15) is 4.79 Å². The monoisotopic (exact) mass is 362 g/mol. The molecule has 0 aliphatic heterocycles. The van der Waals surface area contributed by atoms with E-state index in [-0.39, 0.29) is 5.91 Å². The number of rotatable bonds is 7. The maximum absolute atomic E-state index is 12.4. The molecule has 0 bridgehead atoms. The van der Waals surface area contributed by atoms with Crippen molar-refractivity contribution in [2.75, 3.05) is 34.4 Å². The van der Waals surface area contributed by atoms with Gasteiger partial charge in [0.1, 0.15) is 0 Å². The van der Waals surface area contributed by atoms with Gasteiger partial charge in [-0.15, -0.1) is 0 Å². The minimum Gasteiger partial charge on any atom is -0.383 e. The van der Waals surface area contributed by atoms with Crippen LogP contribution in [0.25, 0.3) is 0 Å². The third kappa shape index (κ3) is 4.29. The average molecular weight is 363 g/mol. The maximum atomic E-state index is 12.4. The van der Waals surface area contributed by atoms with Crippen molar-refractivity contribution < 1.29 is 9.53 Å². The molecule has 0 radical (unpaired) electrons. The van der Waals surface area contributed by atoms with Gasteiger partial charge in [-0.2, -0.15) is 5.10 Å². The van der Waals surface area contributed by atoms with E-state index in [1.807, 2.05) is 0 Å². The molecule has 146 valence electrons. The number of methoxy groups -OCH3 is 1. The smallest absolute Gasteiger partial charge is 0.271 e. The summed E-state index contributed by atoms with van der Waals surface area (Å²) in [7, 11) is 5.59. The third-order valence-corrected chi connectivity index (χ3v) is 6.19. The molecule has 1 fully saturated rings. The van der Waals surface area contributed by atoms with Crippen LogP contribution in [0.5, 0.6) is 0 Å². The van der Waals surface area contributed by atoms with Crippen LogP contribution in [0.3, 0.4) is 0 Å². The van der Waals surface area contributed by atoms with Crippen molar-refractivity contribution >= 4 is 5.91 Å². The highest BCUT2D eigenvalue weighted by molar-refractivity contribution is 5.93. The molecule has 0 spiro atoms. The highest BCUT2D eigenvalue weighted by Gasteiger charge is 2.31. The Morgan fingerprint density at radius 3 is 2.77 bits per heavy atom. The van der Waals surface area contributed by atoms with Crippen LogP contribution >= 0.6 is 0 Å². The third-order valence-electron chi connectivity index (χ3n) is 6.19. The molecule has 2 aliphatic rings. The van der Waals surface area contributed by atoms with Crippen molar-refractivity contribution in [2.45, 2.75) is 64.0 Å². The lowest BCUT2D eigenvalue weighted by Gasteiger charge is -2.32. The lowest BCUT2D eigenvalue weighted by molar-refractivity contribution is 0.0954. The molecule has 6 heteroatoms. The maximum Gasteiger partial charge on any atom is 0.271 e. The number of hydrogen-bond donors (Lipinski definition) is 1. The fourth-order valence-corrected chi connectivity index (χ4v) is 4.53. The molecule has 1 saturated carbocycles. The molecule has 1 atom stereocenters. The van der Waals surface area contributed by atoms with Crippen LogP contribution < -0.4 is 5.32 Å². The zero-order valence-electron chi connectivity index (χ0n) is 16.6. The number of carbonyl (C=O) groups is 1. The van der Waals surface area contributed by atoms with Crippen molar-refractivity contribution in [3.63, 3.8) is 0 Å². The molecule has 26 heavy (non-hydrogen) atoms. The Morgan fingerprint density at radius 2 is 2.08 bits per heavy atom. The van der Waals surface area contributed by atoms with Crippen LogP contribution in [0, 0.1) is 5.92 Å². The van der Waals surface area contributed by atoms with Gasteiger partial charge in [-0.1, -0.05) is 19.3 Å². The molecule has 1 heterocycles. The Labute approximate surface area is 157 Å². The van der Waals surface area contributed by atoms with Crippen LogP contribution in [-0.2, 0) is 24.1 Å². The summed E-state index contributed by atoms with van der Waals surface area (Å²) in [6, 6.07) is 0.452. The molecular weight excluding hydrogens is 328 g/mol. The first kappa shape index (κ1) is 19.4. The topological polar surface area (TPSA) is 59.4 Å².